The highest BCUT2D eigenvalue weighted by Gasteiger charge is 2.28. The number of amides is 2. The fourth-order valence-corrected chi connectivity index (χ4v) is 3.17. The summed E-state index contributed by atoms with van der Waals surface area (Å²) in [5, 5.41) is 0. The van der Waals surface area contributed by atoms with Crippen LogP contribution in [0.5, 0.6) is 0 Å². The Kier molecular flexibility index (Phi) is 5.45. The Balaban J connectivity index is 1.79. The summed E-state index contributed by atoms with van der Waals surface area (Å²) in [6, 6.07) is 0.742. The number of piperazine rings is 1. The molecule has 2 fully saturated rings. The van der Waals surface area contributed by atoms with Crippen molar-refractivity contribution in [1.82, 2.24) is 14.7 Å². The fraction of sp³-hybridized carbons (Fsp3) is 0.929. The second kappa shape index (κ2) is 7.10. The van der Waals surface area contributed by atoms with Gasteiger partial charge in [-0.3, -0.25) is 4.90 Å². The number of likely N-dealkylation sites (tertiary alicyclic amines) is 1. The van der Waals surface area contributed by atoms with Crippen LogP contribution in [0.4, 0.5) is 4.79 Å². The molecule has 2 aliphatic heterocycles. The molecule has 1 atom stereocenters. The van der Waals surface area contributed by atoms with Crippen LogP contribution in [0.15, 0.2) is 0 Å². The Morgan fingerprint density at radius 1 is 1.05 bits per heavy atom. The van der Waals surface area contributed by atoms with Gasteiger partial charge in [0.2, 0.25) is 0 Å². The van der Waals surface area contributed by atoms with E-state index in [9.17, 15) is 4.79 Å². The minimum atomic E-state index is 0.247. The van der Waals surface area contributed by atoms with Crippen LogP contribution >= 0.6 is 0 Å². The molecule has 0 aromatic heterocycles. The third-order valence-corrected chi connectivity index (χ3v) is 4.37. The van der Waals surface area contributed by atoms with Crippen molar-refractivity contribution in [2.45, 2.75) is 38.6 Å². The first kappa shape index (κ1) is 14.6. The molecule has 0 aromatic rings. The molecule has 2 saturated heterocycles. The van der Waals surface area contributed by atoms with Gasteiger partial charge in [-0.15, -0.1) is 0 Å². The van der Waals surface area contributed by atoms with Gasteiger partial charge in [0.15, 0.2) is 0 Å². The van der Waals surface area contributed by atoms with Crippen LogP contribution in [0.2, 0.25) is 0 Å². The van der Waals surface area contributed by atoms with E-state index >= 15 is 0 Å². The minimum Gasteiger partial charge on any atom is -0.329 e. The molecule has 5 nitrogen and oxygen atoms in total. The maximum Gasteiger partial charge on any atom is 0.320 e. The van der Waals surface area contributed by atoms with Gasteiger partial charge in [-0.25, -0.2) is 4.79 Å². The molecule has 1 unspecified atom stereocenters. The third kappa shape index (κ3) is 3.60. The number of nitrogens with two attached hydrogens (primary N) is 1. The van der Waals surface area contributed by atoms with E-state index in [2.05, 4.69) is 11.8 Å². The zero-order valence-electron chi connectivity index (χ0n) is 12.2. The van der Waals surface area contributed by atoms with E-state index in [1.165, 1.54) is 6.42 Å². The van der Waals surface area contributed by atoms with Gasteiger partial charge in [-0.1, -0.05) is 13.3 Å². The number of rotatable bonds is 4. The molecule has 110 valence electrons. The molecule has 2 rings (SSSR count). The summed E-state index contributed by atoms with van der Waals surface area (Å²) < 4.78 is 0. The van der Waals surface area contributed by atoms with Crippen LogP contribution in [0.1, 0.15) is 32.6 Å². The van der Waals surface area contributed by atoms with Crippen molar-refractivity contribution < 1.29 is 4.79 Å². The van der Waals surface area contributed by atoms with E-state index in [-0.39, 0.29) is 6.03 Å². The van der Waals surface area contributed by atoms with E-state index in [1.54, 1.807) is 0 Å². The van der Waals surface area contributed by atoms with Crippen LogP contribution in [-0.4, -0.2) is 72.6 Å². The lowest BCUT2D eigenvalue weighted by Gasteiger charge is -2.40. The zero-order valence-corrected chi connectivity index (χ0v) is 12.2. The van der Waals surface area contributed by atoms with E-state index in [0.29, 0.717) is 6.04 Å². The van der Waals surface area contributed by atoms with Crippen molar-refractivity contribution in [2.24, 2.45) is 5.73 Å². The number of hydrogen-bond donors (Lipinski definition) is 1. The lowest BCUT2D eigenvalue weighted by molar-refractivity contribution is 0.0931. The molecule has 0 bridgehead atoms. The summed E-state index contributed by atoms with van der Waals surface area (Å²) in [5.74, 6) is 0. The third-order valence-electron chi connectivity index (χ3n) is 4.37. The van der Waals surface area contributed by atoms with Gasteiger partial charge in [0.1, 0.15) is 0 Å². The van der Waals surface area contributed by atoms with Gasteiger partial charge in [-0.05, 0) is 19.3 Å². The Bertz CT molecular complexity index is 283. The topological polar surface area (TPSA) is 52.8 Å². The Morgan fingerprint density at radius 3 is 2.16 bits per heavy atom. The smallest absolute Gasteiger partial charge is 0.320 e. The SMILES string of the molecule is CCCC(CN)N1CCN(C(=O)N2CCCC2)CC1. The Morgan fingerprint density at radius 2 is 1.63 bits per heavy atom. The van der Waals surface area contributed by atoms with Crippen LogP contribution in [0, 0.1) is 0 Å². The molecular weight excluding hydrogens is 240 g/mol. The van der Waals surface area contributed by atoms with Crippen LogP contribution < -0.4 is 5.73 Å². The van der Waals surface area contributed by atoms with Gasteiger partial charge in [0, 0.05) is 51.9 Å². The highest BCUT2D eigenvalue weighted by molar-refractivity contribution is 5.74. The Labute approximate surface area is 116 Å². The summed E-state index contributed by atoms with van der Waals surface area (Å²) in [4.78, 5) is 18.8. The monoisotopic (exact) mass is 268 g/mol. The first-order valence-corrected chi connectivity index (χ1v) is 7.74. The lowest BCUT2D eigenvalue weighted by Crippen LogP contribution is -2.55. The number of carbonyl (C=O) groups excluding carboxylic acids is 1. The van der Waals surface area contributed by atoms with Crippen molar-refractivity contribution in [1.29, 1.82) is 0 Å². The largest absolute Gasteiger partial charge is 0.329 e. The van der Waals surface area contributed by atoms with Crippen LogP contribution in [0.25, 0.3) is 0 Å². The summed E-state index contributed by atoms with van der Waals surface area (Å²) in [5.41, 5.74) is 5.85. The number of nitrogens with zero attached hydrogens (tertiary/aromatic N) is 3. The molecule has 5 heteroatoms. The quantitative estimate of drug-likeness (QED) is 0.826. The van der Waals surface area contributed by atoms with Crippen LogP contribution in [-0.2, 0) is 0 Å². The first-order chi connectivity index (χ1) is 9.26. The summed E-state index contributed by atoms with van der Waals surface area (Å²) in [6.07, 6.45) is 4.67. The Hall–Kier alpha value is -0.810. The van der Waals surface area contributed by atoms with Crippen molar-refractivity contribution in [2.75, 3.05) is 45.8 Å². The average Bonchev–Trinajstić information content (AvgIpc) is 2.98. The maximum atomic E-state index is 12.3. The lowest BCUT2D eigenvalue weighted by atomic mass is 10.1. The minimum absolute atomic E-state index is 0.247. The second-order valence-electron chi connectivity index (χ2n) is 5.68. The molecule has 0 aliphatic carbocycles. The van der Waals surface area contributed by atoms with E-state index in [0.717, 1.165) is 65.1 Å². The number of hydrogen-bond acceptors (Lipinski definition) is 3. The molecule has 2 heterocycles. The summed E-state index contributed by atoms with van der Waals surface area (Å²) >= 11 is 0. The zero-order chi connectivity index (χ0) is 13.7. The summed E-state index contributed by atoms with van der Waals surface area (Å²) in [6.45, 7) is 8.48. The van der Waals surface area contributed by atoms with Gasteiger partial charge < -0.3 is 15.5 Å². The van der Waals surface area contributed by atoms with Crippen molar-refractivity contribution in [3.8, 4) is 0 Å². The molecule has 19 heavy (non-hydrogen) atoms. The molecule has 0 aromatic carbocycles. The molecule has 2 aliphatic rings. The standard InChI is InChI=1S/C14H28N4O/c1-2-5-13(12-15)16-8-10-18(11-9-16)14(19)17-6-3-4-7-17/h13H,2-12,15H2,1H3. The maximum absolute atomic E-state index is 12.3. The predicted molar refractivity (Wildman–Crippen MR) is 77.1 cm³/mol. The van der Waals surface area contributed by atoms with Gasteiger partial charge in [-0.2, -0.15) is 0 Å². The first-order valence-electron chi connectivity index (χ1n) is 7.74. The average molecular weight is 268 g/mol. The van der Waals surface area contributed by atoms with Gasteiger partial charge in [0.25, 0.3) is 0 Å². The molecule has 0 saturated carbocycles. The fourth-order valence-electron chi connectivity index (χ4n) is 3.17. The highest BCUT2D eigenvalue weighted by Crippen LogP contribution is 2.14. The van der Waals surface area contributed by atoms with E-state index in [1.807, 2.05) is 9.80 Å². The summed E-state index contributed by atoms with van der Waals surface area (Å²) in [7, 11) is 0. The normalized spacial score (nSPS) is 22.8. The van der Waals surface area contributed by atoms with Gasteiger partial charge in [0.05, 0.1) is 0 Å². The van der Waals surface area contributed by atoms with E-state index in [4.69, 9.17) is 5.73 Å². The molecule has 0 spiro atoms. The van der Waals surface area contributed by atoms with Crippen LogP contribution in [0.3, 0.4) is 0 Å². The number of carbonyl (C=O) groups is 1. The number of urea groups is 1. The molecule has 2 N–H and O–H groups in total. The predicted octanol–water partition coefficient (Wildman–Crippen LogP) is 0.947. The molecular formula is C14H28N4O. The van der Waals surface area contributed by atoms with Gasteiger partial charge >= 0.3 is 6.03 Å². The van der Waals surface area contributed by atoms with Crippen molar-refractivity contribution >= 4 is 6.03 Å². The second-order valence-corrected chi connectivity index (χ2v) is 5.68. The molecule has 2 amide bonds. The highest BCUT2D eigenvalue weighted by atomic mass is 16.2. The molecule has 0 radical (unpaired) electrons. The van der Waals surface area contributed by atoms with E-state index < -0.39 is 0 Å². The van der Waals surface area contributed by atoms with Crippen molar-refractivity contribution in [3.63, 3.8) is 0 Å². The van der Waals surface area contributed by atoms with Crippen molar-refractivity contribution in [3.05, 3.63) is 0 Å².